The number of benzene rings is 2. The Kier molecular flexibility index (Phi) is 3.73. The van der Waals surface area contributed by atoms with Crippen molar-refractivity contribution in [3.8, 4) is 0 Å². The van der Waals surface area contributed by atoms with Crippen LogP contribution < -0.4 is 5.32 Å². The Balaban J connectivity index is 2.04. The Hall–Kier alpha value is -2.55. The SMILES string of the molecule is CC(=O)NC[C@H](c1ccccc1)c1c[nH]c2ccccc12. The van der Waals surface area contributed by atoms with E-state index in [0.29, 0.717) is 6.54 Å². The molecule has 0 radical (unpaired) electrons. The molecule has 1 aromatic heterocycles. The summed E-state index contributed by atoms with van der Waals surface area (Å²) in [6.45, 7) is 2.15. The molecule has 3 aromatic rings. The Bertz CT molecular complexity index is 746. The van der Waals surface area contributed by atoms with Gasteiger partial charge in [0.25, 0.3) is 0 Å². The molecule has 0 fully saturated rings. The van der Waals surface area contributed by atoms with Crippen LogP contribution in [0.1, 0.15) is 24.0 Å². The molecule has 0 aliphatic heterocycles. The molecule has 0 aliphatic carbocycles. The van der Waals surface area contributed by atoms with Crippen molar-refractivity contribution in [1.29, 1.82) is 0 Å². The second-order valence-electron chi connectivity index (χ2n) is 5.19. The fourth-order valence-electron chi connectivity index (χ4n) is 2.72. The van der Waals surface area contributed by atoms with Crippen LogP contribution in [0.5, 0.6) is 0 Å². The zero-order valence-electron chi connectivity index (χ0n) is 12.0. The Morgan fingerprint density at radius 1 is 1.10 bits per heavy atom. The number of nitrogens with one attached hydrogen (secondary N) is 2. The van der Waals surface area contributed by atoms with Crippen molar-refractivity contribution >= 4 is 16.8 Å². The van der Waals surface area contributed by atoms with Crippen molar-refractivity contribution in [3.63, 3.8) is 0 Å². The average molecular weight is 278 g/mol. The highest BCUT2D eigenvalue weighted by atomic mass is 16.1. The minimum absolute atomic E-state index is 0.00391. The summed E-state index contributed by atoms with van der Waals surface area (Å²) < 4.78 is 0. The van der Waals surface area contributed by atoms with Crippen LogP contribution in [-0.2, 0) is 4.79 Å². The lowest BCUT2D eigenvalue weighted by molar-refractivity contribution is -0.118. The Labute approximate surface area is 124 Å². The standard InChI is InChI=1S/C18H18N2O/c1-13(21)19-11-16(14-7-3-2-4-8-14)17-12-20-18-10-6-5-9-15(17)18/h2-10,12,16,20H,11H2,1H3,(H,19,21)/t16-/m1/s1. The van der Waals surface area contributed by atoms with Crippen molar-refractivity contribution in [1.82, 2.24) is 10.3 Å². The quantitative estimate of drug-likeness (QED) is 0.754. The Morgan fingerprint density at radius 3 is 2.57 bits per heavy atom. The lowest BCUT2D eigenvalue weighted by Crippen LogP contribution is -2.26. The molecular weight excluding hydrogens is 260 g/mol. The van der Waals surface area contributed by atoms with Gasteiger partial charge < -0.3 is 10.3 Å². The fourth-order valence-corrected chi connectivity index (χ4v) is 2.72. The molecule has 106 valence electrons. The maximum atomic E-state index is 11.3. The summed E-state index contributed by atoms with van der Waals surface area (Å²) >= 11 is 0. The molecule has 1 heterocycles. The molecule has 2 N–H and O–H groups in total. The molecule has 21 heavy (non-hydrogen) atoms. The molecule has 0 bridgehead atoms. The molecule has 3 nitrogen and oxygen atoms in total. The van der Waals surface area contributed by atoms with E-state index in [4.69, 9.17) is 0 Å². The Morgan fingerprint density at radius 2 is 1.81 bits per heavy atom. The van der Waals surface area contributed by atoms with Crippen LogP contribution in [-0.4, -0.2) is 17.4 Å². The fraction of sp³-hybridized carbons (Fsp3) is 0.167. The van der Waals surface area contributed by atoms with Crippen LogP contribution in [0, 0.1) is 0 Å². The van der Waals surface area contributed by atoms with Crippen molar-refractivity contribution in [2.75, 3.05) is 6.54 Å². The van der Waals surface area contributed by atoms with E-state index >= 15 is 0 Å². The molecule has 3 rings (SSSR count). The summed E-state index contributed by atoms with van der Waals surface area (Å²) in [5, 5.41) is 4.15. The average Bonchev–Trinajstić information content (AvgIpc) is 2.93. The van der Waals surface area contributed by atoms with Gasteiger partial charge in [-0.3, -0.25) is 4.79 Å². The maximum absolute atomic E-state index is 11.3. The highest BCUT2D eigenvalue weighted by molar-refractivity contribution is 5.84. The van der Waals surface area contributed by atoms with Gasteiger partial charge in [0.1, 0.15) is 0 Å². The maximum Gasteiger partial charge on any atom is 0.216 e. The number of para-hydroxylation sites is 1. The third-order valence-electron chi connectivity index (χ3n) is 3.75. The number of aromatic amines is 1. The first-order valence-electron chi connectivity index (χ1n) is 7.11. The molecule has 0 aliphatic rings. The van der Waals surface area contributed by atoms with E-state index in [1.165, 1.54) is 16.5 Å². The van der Waals surface area contributed by atoms with E-state index in [-0.39, 0.29) is 11.8 Å². The molecule has 0 unspecified atom stereocenters. The van der Waals surface area contributed by atoms with Gasteiger partial charge in [-0.05, 0) is 17.2 Å². The summed E-state index contributed by atoms with van der Waals surface area (Å²) in [7, 11) is 0. The van der Waals surface area contributed by atoms with Crippen molar-refractivity contribution in [2.45, 2.75) is 12.8 Å². The van der Waals surface area contributed by atoms with Gasteiger partial charge in [0.05, 0.1) is 0 Å². The van der Waals surface area contributed by atoms with Gasteiger partial charge in [-0.1, -0.05) is 48.5 Å². The summed E-state index contributed by atoms with van der Waals surface area (Å²) in [5.41, 5.74) is 3.54. The number of amides is 1. The number of hydrogen-bond acceptors (Lipinski definition) is 1. The summed E-state index contributed by atoms with van der Waals surface area (Å²) in [6, 6.07) is 18.5. The highest BCUT2D eigenvalue weighted by Crippen LogP contribution is 2.30. The molecule has 0 saturated carbocycles. The van der Waals surface area contributed by atoms with Gasteiger partial charge in [0, 0.05) is 36.5 Å². The number of fused-ring (bicyclic) bond motifs is 1. The third-order valence-corrected chi connectivity index (χ3v) is 3.75. The normalized spacial score (nSPS) is 12.2. The van der Waals surface area contributed by atoms with E-state index in [1.807, 2.05) is 36.5 Å². The zero-order valence-corrected chi connectivity index (χ0v) is 12.0. The molecular formula is C18H18N2O. The van der Waals surface area contributed by atoms with E-state index < -0.39 is 0 Å². The van der Waals surface area contributed by atoms with Crippen LogP contribution in [0.2, 0.25) is 0 Å². The lowest BCUT2D eigenvalue weighted by Gasteiger charge is -2.17. The largest absolute Gasteiger partial charge is 0.361 e. The van der Waals surface area contributed by atoms with Gasteiger partial charge in [-0.2, -0.15) is 0 Å². The van der Waals surface area contributed by atoms with Gasteiger partial charge in [0.2, 0.25) is 5.91 Å². The summed E-state index contributed by atoms with van der Waals surface area (Å²) in [4.78, 5) is 14.6. The number of rotatable bonds is 4. The van der Waals surface area contributed by atoms with Gasteiger partial charge in [-0.25, -0.2) is 0 Å². The van der Waals surface area contributed by atoms with Crippen LogP contribution >= 0.6 is 0 Å². The minimum Gasteiger partial charge on any atom is -0.361 e. The van der Waals surface area contributed by atoms with Crippen LogP contribution in [0.15, 0.2) is 60.8 Å². The monoisotopic (exact) mass is 278 g/mol. The molecule has 1 amide bonds. The highest BCUT2D eigenvalue weighted by Gasteiger charge is 2.18. The second kappa shape index (κ2) is 5.83. The first-order chi connectivity index (χ1) is 10.3. The number of hydrogen-bond donors (Lipinski definition) is 2. The first-order valence-corrected chi connectivity index (χ1v) is 7.11. The predicted molar refractivity (Wildman–Crippen MR) is 85.3 cm³/mol. The van der Waals surface area contributed by atoms with Crippen LogP contribution in [0.25, 0.3) is 10.9 Å². The summed E-state index contributed by atoms with van der Waals surface area (Å²) in [5.74, 6) is 0.141. The second-order valence-corrected chi connectivity index (χ2v) is 5.19. The molecule has 2 aromatic carbocycles. The molecule has 0 spiro atoms. The van der Waals surface area contributed by atoms with Crippen molar-refractivity contribution in [2.24, 2.45) is 0 Å². The molecule has 3 heteroatoms. The first kappa shape index (κ1) is 13.4. The van der Waals surface area contributed by atoms with E-state index in [0.717, 1.165) is 5.52 Å². The number of carbonyl (C=O) groups is 1. The van der Waals surface area contributed by atoms with Crippen molar-refractivity contribution in [3.05, 3.63) is 71.9 Å². The van der Waals surface area contributed by atoms with Gasteiger partial charge >= 0.3 is 0 Å². The third kappa shape index (κ3) is 2.82. The molecule has 0 saturated heterocycles. The van der Waals surface area contributed by atoms with E-state index in [2.05, 4.69) is 34.6 Å². The zero-order chi connectivity index (χ0) is 14.7. The summed E-state index contributed by atoms with van der Waals surface area (Å²) in [6.07, 6.45) is 2.05. The van der Waals surface area contributed by atoms with E-state index in [9.17, 15) is 4.79 Å². The number of H-pyrrole nitrogens is 1. The van der Waals surface area contributed by atoms with Gasteiger partial charge in [-0.15, -0.1) is 0 Å². The molecule has 1 atom stereocenters. The number of aromatic nitrogens is 1. The minimum atomic E-state index is -0.00391. The van der Waals surface area contributed by atoms with Crippen LogP contribution in [0.4, 0.5) is 0 Å². The lowest BCUT2D eigenvalue weighted by atomic mass is 9.91. The topological polar surface area (TPSA) is 44.9 Å². The van der Waals surface area contributed by atoms with Crippen molar-refractivity contribution < 1.29 is 4.79 Å². The number of carbonyl (C=O) groups excluding carboxylic acids is 1. The van der Waals surface area contributed by atoms with E-state index in [1.54, 1.807) is 6.92 Å². The van der Waals surface area contributed by atoms with Gasteiger partial charge in [0.15, 0.2) is 0 Å². The smallest absolute Gasteiger partial charge is 0.216 e. The van der Waals surface area contributed by atoms with Crippen LogP contribution in [0.3, 0.4) is 0 Å². The predicted octanol–water partition coefficient (Wildman–Crippen LogP) is 3.44.